The molecule has 0 aliphatic rings. The molecule has 0 bridgehead atoms. The van der Waals surface area contributed by atoms with Gasteiger partial charge in [0.2, 0.25) is 0 Å². The van der Waals surface area contributed by atoms with Crippen molar-refractivity contribution in [2.75, 3.05) is 0 Å². The van der Waals surface area contributed by atoms with E-state index in [4.69, 9.17) is 23.2 Å². The first-order valence-electron chi connectivity index (χ1n) is 4.74. The number of halogens is 2. The fourth-order valence-corrected chi connectivity index (χ4v) is 1.89. The second kappa shape index (κ2) is 4.69. The van der Waals surface area contributed by atoms with Crippen molar-refractivity contribution < 1.29 is 0 Å². The van der Waals surface area contributed by atoms with Crippen LogP contribution in [0.25, 0.3) is 0 Å². The maximum Gasteiger partial charge on any atom is 0.0441 e. The molecule has 2 heteroatoms. The highest BCUT2D eigenvalue weighted by Crippen LogP contribution is 2.23. The summed E-state index contributed by atoms with van der Waals surface area (Å²) in [6, 6.07) is 15.7. The molecule has 76 valence electrons. The fraction of sp³-hybridized carbons (Fsp3) is 0.0769. The molecule has 0 amide bonds. The highest BCUT2D eigenvalue weighted by atomic mass is 35.5. The Bertz CT molecular complexity index is 420. The Morgan fingerprint density at radius 1 is 0.667 bits per heavy atom. The summed E-state index contributed by atoms with van der Waals surface area (Å²) in [6.45, 7) is 0. The standard InChI is InChI=1S/C13H10Cl2/c14-12-7-3-1-5-10(12)9-11-6-2-4-8-13(11)15/h1-8H,9H2. The monoisotopic (exact) mass is 236 g/mol. The third-order valence-electron chi connectivity index (χ3n) is 2.30. The summed E-state index contributed by atoms with van der Waals surface area (Å²) < 4.78 is 0. The smallest absolute Gasteiger partial charge is 0.0441 e. The summed E-state index contributed by atoms with van der Waals surface area (Å²) in [4.78, 5) is 0. The summed E-state index contributed by atoms with van der Waals surface area (Å²) in [7, 11) is 0. The van der Waals surface area contributed by atoms with Gasteiger partial charge in [-0.15, -0.1) is 0 Å². The third-order valence-corrected chi connectivity index (χ3v) is 3.03. The van der Waals surface area contributed by atoms with Gasteiger partial charge in [-0.2, -0.15) is 0 Å². The van der Waals surface area contributed by atoms with E-state index in [9.17, 15) is 0 Å². The Balaban J connectivity index is 2.30. The van der Waals surface area contributed by atoms with Crippen molar-refractivity contribution in [3.63, 3.8) is 0 Å². The van der Waals surface area contributed by atoms with E-state index in [1.165, 1.54) is 0 Å². The molecule has 2 rings (SSSR count). The predicted octanol–water partition coefficient (Wildman–Crippen LogP) is 4.58. The lowest BCUT2D eigenvalue weighted by Gasteiger charge is -2.05. The van der Waals surface area contributed by atoms with Crippen molar-refractivity contribution in [3.05, 3.63) is 69.7 Å². The molecule has 0 unspecified atom stereocenters. The van der Waals surface area contributed by atoms with Gasteiger partial charge in [0.15, 0.2) is 0 Å². The lowest BCUT2D eigenvalue weighted by atomic mass is 10.1. The van der Waals surface area contributed by atoms with Gasteiger partial charge in [0, 0.05) is 16.5 Å². The highest BCUT2D eigenvalue weighted by molar-refractivity contribution is 6.32. The van der Waals surface area contributed by atoms with E-state index in [0.29, 0.717) is 0 Å². The molecule has 0 nitrogen and oxygen atoms in total. The lowest BCUT2D eigenvalue weighted by Crippen LogP contribution is -1.89. The summed E-state index contributed by atoms with van der Waals surface area (Å²) in [5, 5.41) is 1.58. The van der Waals surface area contributed by atoms with Crippen molar-refractivity contribution in [2.24, 2.45) is 0 Å². The maximum atomic E-state index is 6.08. The average molecular weight is 237 g/mol. The topological polar surface area (TPSA) is 0 Å². The first kappa shape index (κ1) is 10.5. The quantitative estimate of drug-likeness (QED) is 0.716. The molecule has 0 aliphatic heterocycles. The van der Waals surface area contributed by atoms with E-state index in [1.807, 2.05) is 48.5 Å². The minimum Gasteiger partial charge on any atom is -0.0840 e. The Morgan fingerprint density at radius 2 is 1.07 bits per heavy atom. The van der Waals surface area contributed by atoms with Gasteiger partial charge in [0.1, 0.15) is 0 Å². The number of hydrogen-bond acceptors (Lipinski definition) is 0. The van der Waals surface area contributed by atoms with E-state index in [0.717, 1.165) is 27.6 Å². The molecule has 0 saturated heterocycles. The van der Waals surface area contributed by atoms with Crippen LogP contribution in [-0.2, 0) is 6.42 Å². The van der Waals surface area contributed by atoms with Crippen LogP contribution in [0.3, 0.4) is 0 Å². The maximum absolute atomic E-state index is 6.08. The number of rotatable bonds is 2. The Hall–Kier alpha value is -0.980. The van der Waals surface area contributed by atoms with Crippen LogP contribution in [0.1, 0.15) is 11.1 Å². The van der Waals surface area contributed by atoms with Crippen molar-refractivity contribution in [3.8, 4) is 0 Å². The van der Waals surface area contributed by atoms with Crippen LogP contribution in [-0.4, -0.2) is 0 Å². The molecule has 0 aromatic heterocycles. The zero-order valence-electron chi connectivity index (χ0n) is 8.08. The van der Waals surface area contributed by atoms with Crippen LogP contribution >= 0.6 is 23.2 Å². The molecule has 2 aromatic carbocycles. The largest absolute Gasteiger partial charge is 0.0840 e. The van der Waals surface area contributed by atoms with E-state index in [2.05, 4.69) is 0 Å². The van der Waals surface area contributed by atoms with E-state index in [-0.39, 0.29) is 0 Å². The summed E-state index contributed by atoms with van der Waals surface area (Å²) in [6.07, 6.45) is 0.777. The molecule has 2 aromatic rings. The first-order valence-corrected chi connectivity index (χ1v) is 5.50. The van der Waals surface area contributed by atoms with Crippen LogP contribution in [0.15, 0.2) is 48.5 Å². The summed E-state index contributed by atoms with van der Waals surface area (Å²) in [5.74, 6) is 0. The SMILES string of the molecule is Clc1ccccc1Cc1ccccc1Cl. The van der Waals surface area contributed by atoms with Gasteiger partial charge in [-0.3, -0.25) is 0 Å². The zero-order valence-corrected chi connectivity index (χ0v) is 9.59. The van der Waals surface area contributed by atoms with E-state index < -0.39 is 0 Å². The van der Waals surface area contributed by atoms with E-state index >= 15 is 0 Å². The molecule has 0 aliphatic carbocycles. The predicted molar refractivity (Wildman–Crippen MR) is 65.7 cm³/mol. The number of benzene rings is 2. The molecule has 0 fully saturated rings. The normalized spacial score (nSPS) is 10.3. The minimum absolute atomic E-state index is 0.777. The van der Waals surface area contributed by atoms with E-state index in [1.54, 1.807) is 0 Å². The Morgan fingerprint density at radius 3 is 1.47 bits per heavy atom. The molecular formula is C13H10Cl2. The second-order valence-electron chi connectivity index (χ2n) is 3.36. The summed E-state index contributed by atoms with van der Waals surface area (Å²) in [5.41, 5.74) is 2.21. The fourth-order valence-electron chi connectivity index (χ4n) is 1.49. The summed E-state index contributed by atoms with van der Waals surface area (Å²) >= 11 is 12.2. The molecule has 0 atom stereocenters. The van der Waals surface area contributed by atoms with Crippen molar-refractivity contribution >= 4 is 23.2 Å². The zero-order chi connectivity index (χ0) is 10.7. The van der Waals surface area contributed by atoms with Gasteiger partial charge in [0.25, 0.3) is 0 Å². The molecule has 0 spiro atoms. The first-order chi connectivity index (χ1) is 7.27. The van der Waals surface area contributed by atoms with Crippen LogP contribution in [0.2, 0.25) is 10.0 Å². The molecule has 0 radical (unpaired) electrons. The van der Waals surface area contributed by atoms with Crippen molar-refractivity contribution in [1.82, 2.24) is 0 Å². The third kappa shape index (κ3) is 2.53. The average Bonchev–Trinajstić information content (AvgIpc) is 2.24. The van der Waals surface area contributed by atoms with Crippen molar-refractivity contribution in [2.45, 2.75) is 6.42 Å². The molecular weight excluding hydrogens is 227 g/mol. The van der Waals surface area contributed by atoms with Gasteiger partial charge in [-0.25, -0.2) is 0 Å². The van der Waals surface area contributed by atoms with Crippen LogP contribution in [0, 0.1) is 0 Å². The molecule has 0 heterocycles. The number of hydrogen-bond donors (Lipinski definition) is 0. The Kier molecular flexibility index (Phi) is 3.30. The van der Waals surface area contributed by atoms with Gasteiger partial charge >= 0.3 is 0 Å². The lowest BCUT2D eigenvalue weighted by molar-refractivity contribution is 1.19. The highest BCUT2D eigenvalue weighted by Gasteiger charge is 2.03. The van der Waals surface area contributed by atoms with Gasteiger partial charge < -0.3 is 0 Å². The Labute approximate surface area is 99.5 Å². The second-order valence-corrected chi connectivity index (χ2v) is 4.17. The van der Waals surface area contributed by atoms with Gasteiger partial charge in [0.05, 0.1) is 0 Å². The van der Waals surface area contributed by atoms with Crippen LogP contribution in [0.4, 0.5) is 0 Å². The van der Waals surface area contributed by atoms with Gasteiger partial charge in [-0.05, 0) is 23.3 Å². The minimum atomic E-state index is 0.777. The van der Waals surface area contributed by atoms with Crippen LogP contribution < -0.4 is 0 Å². The van der Waals surface area contributed by atoms with Gasteiger partial charge in [-0.1, -0.05) is 59.6 Å². The molecule has 0 N–H and O–H groups in total. The molecule has 0 saturated carbocycles. The van der Waals surface area contributed by atoms with Crippen LogP contribution in [0.5, 0.6) is 0 Å². The molecule has 15 heavy (non-hydrogen) atoms. The van der Waals surface area contributed by atoms with Crippen molar-refractivity contribution in [1.29, 1.82) is 0 Å².